The summed E-state index contributed by atoms with van der Waals surface area (Å²) in [4.78, 5) is 19.0. The molecule has 1 amide bonds. The van der Waals surface area contributed by atoms with Gasteiger partial charge in [-0.15, -0.1) is 0 Å². The minimum Gasteiger partial charge on any atom is -0.368 e. The SMILES string of the molecule is CCc1c(C#N)c(SC(C(N)=O)c2ccccc2)nc(N2CCCCC2)c1C#N. The number of piperidine rings is 1. The van der Waals surface area contributed by atoms with Gasteiger partial charge in [0.1, 0.15) is 28.2 Å². The first-order chi connectivity index (χ1) is 14.1. The van der Waals surface area contributed by atoms with Gasteiger partial charge >= 0.3 is 0 Å². The number of hydrogen-bond donors (Lipinski definition) is 1. The Balaban J connectivity index is 2.13. The Hall–Kier alpha value is -3.03. The van der Waals surface area contributed by atoms with E-state index in [9.17, 15) is 15.3 Å². The van der Waals surface area contributed by atoms with Crippen molar-refractivity contribution in [2.75, 3.05) is 18.0 Å². The number of primary amides is 1. The van der Waals surface area contributed by atoms with Gasteiger partial charge in [0.2, 0.25) is 5.91 Å². The molecule has 3 rings (SSSR count). The van der Waals surface area contributed by atoms with Gasteiger partial charge in [0.15, 0.2) is 0 Å². The molecular formula is C22H23N5OS. The van der Waals surface area contributed by atoms with Gasteiger partial charge < -0.3 is 10.6 Å². The number of nitrogens with zero attached hydrogens (tertiary/aromatic N) is 4. The molecule has 2 heterocycles. The highest BCUT2D eigenvalue weighted by Gasteiger charge is 2.27. The Kier molecular flexibility index (Phi) is 6.74. The van der Waals surface area contributed by atoms with E-state index in [0.717, 1.165) is 37.9 Å². The average molecular weight is 406 g/mol. The van der Waals surface area contributed by atoms with E-state index in [-0.39, 0.29) is 0 Å². The Labute approximate surface area is 175 Å². The van der Waals surface area contributed by atoms with Gasteiger partial charge in [0.25, 0.3) is 0 Å². The number of carbonyl (C=O) groups excluding carboxylic acids is 1. The fourth-order valence-corrected chi connectivity index (χ4v) is 4.69. The third kappa shape index (κ3) is 4.36. The normalized spacial score (nSPS) is 14.7. The average Bonchev–Trinajstić information content (AvgIpc) is 2.77. The number of anilines is 1. The summed E-state index contributed by atoms with van der Waals surface area (Å²) in [6.45, 7) is 3.59. The first kappa shape index (κ1) is 20.7. The summed E-state index contributed by atoms with van der Waals surface area (Å²) >= 11 is 1.18. The standard InChI is InChI=1S/C22H23N5OS/c1-2-16-17(13-23)21(27-11-7-4-8-12-27)26-22(18(16)14-24)29-19(20(25)28)15-9-5-3-6-10-15/h3,5-6,9-10,19H,2,4,7-8,11-12H2,1H3,(H2,25,28). The predicted molar refractivity (Wildman–Crippen MR) is 113 cm³/mol. The van der Waals surface area contributed by atoms with Gasteiger partial charge in [-0.1, -0.05) is 49.0 Å². The molecule has 1 atom stereocenters. The number of aromatic nitrogens is 1. The van der Waals surface area contributed by atoms with Crippen LogP contribution in [0.2, 0.25) is 0 Å². The van der Waals surface area contributed by atoms with E-state index in [4.69, 9.17) is 10.7 Å². The van der Waals surface area contributed by atoms with E-state index in [2.05, 4.69) is 17.0 Å². The van der Waals surface area contributed by atoms with Gasteiger partial charge in [-0.3, -0.25) is 4.79 Å². The molecule has 1 saturated heterocycles. The van der Waals surface area contributed by atoms with Crippen molar-refractivity contribution in [2.24, 2.45) is 5.73 Å². The molecule has 29 heavy (non-hydrogen) atoms. The summed E-state index contributed by atoms with van der Waals surface area (Å²) in [6.07, 6.45) is 3.79. The van der Waals surface area contributed by atoms with Crippen molar-refractivity contribution in [2.45, 2.75) is 42.9 Å². The van der Waals surface area contributed by atoms with Crippen LogP contribution in [0.4, 0.5) is 5.82 Å². The fraction of sp³-hybridized carbons (Fsp3) is 0.364. The van der Waals surface area contributed by atoms with E-state index in [1.165, 1.54) is 11.8 Å². The van der Waals surface area contributed by atoms with E-state index in [1.807, 2.05) is 37.3 Å². The zero-order chi connectivity index (χ0) is 20.8. The van der Waals surface area contributed by atoms with Gasteiger partial charge in [-0.25, -0.2) is 4.98 Å². The molecule has 0 radical (unpaired) electrons. The summed E-state index contributed by atoms with van der Waals surface area (Å²) < 4.78 is 0. The number of rotatable bonds is 6. The van der Waals surface area contributed by atoms with Crippen molar-refractivity contribution >= 4 is 23.5 Å². The van der Waals surface area contributed by atoms with Gasteiger partial charge in [0, 0.05) is 13.1 Å². The number of thioether (sulfide) groups is 1. The van der Waals surface area contributed by atoms with Crippen molar-refractivity contribution in [3.05, 3.63) is 52.6 Å². The summed E-state index contributed by atoms with van der Waals surface area (Å²) in [7, 11) is 0. The van der Waals surface area contributed by atoms with Gasteiger partial charge in [-0.05, 0) is 36.8 Å². The largest absolute Gasteiger partial charge is 0.368 e. The molecule has 0 saturated carbocycles. The minimum absolute atomic E-state index is 0.358. The Morgan fingerprint density at radius 2 is 1.83 bits per heavy atom. The van der Waals surface area contributed by atoms with Gasteiger partial charge in [-0.2, -0.15) is 10.5 Å². The van der Waals surface area contributed by atoms with Crippen molar-refractivity contribution in [1.29, 1.82) is 10.5 Å². The monoisotopic (exact) mass is 405 g/mol. The number of nitrogens with two attached hydrogens (primary N) is 1. The lowest BCUT2D eigenvalue weighted by atomic mass is 10.0. The maximum Gasteiger partial charge on any atom is 0.235 e. The van der Waals surface area contributed by atoms with E-state index in [1.54, 1.807) is 0 Å². The summed E-state index contributed by atoms with van der Waals surface area (Å²) in [5.74, 6) is 0.121. The van der Waals surface area contributed by atoms with Crippen LogP contribution >= 0.6 is 11.8 Å². The fourth-order valence-electron chi connectivity index (χ4n) is 3.63. The lowest BCUT2D eigenvalue weighted by molar-refractivity contribution is -0.117. The van der Waals surface area contributed by atoms with Crippen LogP contribution in [0.1, 0.15) is 53.7 Å². The molecule has 1 aromatic heterocycles. The zero-order valence-electron chi connectivity index (χ0n) is 16.4. The van der Waals surface area contributed by atoms with Crippen LogP contribution in [0.25, 0.3) is 0 Å². The van der Waals surface area contributed by atoms with Gasteiger partial charge in [0.05, 0.1) is 11.1 Å². The molecule has 1 aromatic carbocycles. The zero-order valence-corrected chi connectivity index (χ0v) is 17.2. The van der Waals surface area contributed by atoms with Crippen LogP contribution in [0.15, 0.2) is 35.4 Å². The molecular weight excluding hydrogens is 382 g/mol. The third-order valence-electron chi connectivity index (χ3n) is 5.07. The second kappa shape index (κ2) is 9.45. The topological polar surface area (TPSA) is 107 Å². The molecule has 1 aliphatic rings. The number of hydrogen-bond acceptors (Lipinski definition) is 6. The first-order valence-corrected chi connectivity index (χ1v) is 10.6. The Bertz CT molecular complexity index is 971. The molecule has 6 nitrogen and oxygen atoms in total. The molecule has 0 aliphatic carbocycles. The quantitative estimate of drug-likeness (QED) is 0.735. The minimum atomic E-state index is -0.664. The number of nitriles is 2. The lowest BCUT2D eigenvalue weighted by Crippen LogP contribution is -2.31. The Morgan fingerprint density at radius 1 is 1.17 bits per heavy atom. The van der Waals surface area contributed by atoms with Crippen LogP contribution in [0.3, 0.4) is 0 Å². The van der Waals surface area contributed by atoms with Crippen molar-refractivity contribution < 1.29 is 4.79 Å². The van der Waals surface area contributed by atoms with E-state index >= 15 is 0 Å². The second-order valence-corrected chi connectivity index (χ2v) is 8.00. The van der Waals surface area contributed by atoms with Crippen LogP contribution in [0.5, 0.6) is 0 Å². The summed E-state index contributed by atoms with van der Waals surface area (Å²) in [5, 5.41) is 19.4. The first-order valence-electron chi connectivity index (χ1n) is 9.73. The van der Waals surface area contributed by atoms with Crippen LogP contribution < -0.4 is 10.6 Å². The van der Waals surface area contributed by atoms with E-state index < -0.39 is 11.2 Å². The highest BCUT2D eigenvalue weighted by atomic mass is 32.2. The van der Waals surface area contributed by atoms with Crippen LogP contribution in [0, 0.1) is 22.7 Å². The summed E-state index contributed by atoms with van der Waals surface area (Å²) in [6, 6.07) is 13.7. The number of amides is 1. The highest BCUT2D eigenvalue weighted by molar-refractivity contribution is 8.00. The second-order valence-electron chi connectivity index (χ2n) is 6.90. The summed E-state index contributed by atoms with van der Waals surface area (Å²) in [5.41, 5.74) is 7.95. The third-order valence-corrected chi connectivity index (χ3v) is 6.33. The number of benzene rings is 1. The number of pyridine rings is 1. The molecule has 2 aromatic rings. The molecule has 1 aliphatic heterocycles. The molecule has 1 fully saturated rings. The number of carbonyl (C=O) groups is 1. The van der Waals surface area contributed by atoms with Crippen molar-refractivity contribution in [1.82, 2.24) is 4.98 Å². The van der Waals surface area contributed by atoms with E-state index in [0.29, 0.717) is 34.0 Å². The Morgan fingerprint density at radius 3 is 2.38 bits per heavy atom. The van der Waals surface area contributed by atoms with Crippen molar-refractivity contribution in [3.63, 3.8) is 0 Å². The molecule has 148 valence electrons. The molecule has 1 unspecified atom stereocenters. The van der Waals surface area contributed by atoms with Crippen LogP contribution in [-0.2, 0) is 11.2 Å². The molecule has 0 spiro atoms. The van der Waals surface area contributed by atoms with Crippen molar-refractivity contribution in [3.8, 4) is 12.1 Å². The maximum absolute atomic E-state index is 12.2. The smallest absolute Gasteiger partial charge is 0.235 e. The lowest BCUT2D eigenvalue weighted by Gasteiger charge is -2.30. The van der Waals surface area contributed by atoms with Crippen LogP contribution in [-0.4, -0.2) is 24.0 Å². The highest BCUT2D eigenvalue weighted by Crippen LogP contribution is 2.39. The maximum atomic E-state index is 12.2. The molecule has 0 bridgehead atoms. The molecule has 2 N–H and O–H groups in total. The predicted octanol–water partition coefficient (Wildman–Crippen LogP) is 3.70. The molecule has 7 heteroatoms.